The van der Waals surface area contributed by atoms with Crippen LogP contribution in [0.25, 0.3) is 5.57 Å². The van der Waals surface area contributed by atoms with Crippen molar-refractivity contribution >= 4 is 17.5 Å². The summed E-state index contributed by atoms with van der Waals surface area (Å²) in [4.78, 5) is 21.6. The molecule has 78 valence electrons. The average Bonchev–Trinajstić information content (AvgIpc) is 2.18. The minimum atomic E-state index is -1.24. The van der Waals surface area contributed by atoms with E-state index in [0.717, 1.165) is 0 Å². The monoisotopic (exact) mass is 206 g/mol. The molecule has 0 aliphatic carbocycles. The van der Waals surface area contributed by atoms with E-state index >= 15 is 0 Å². The Morgan fingerprint density at radius 3 is 1.93 bits per heavy atom. The molecule has 0 bridgehead atoms. The van der Waals surface area contributed by atoms with Gasteiger partial charge in [0.15, 0.2) is 0 Å². The standard InChI is InChI=1S/C11H10O4/c1-7(10(12)13)9(11(14)15)8-5-3-2-4-6-8/h2-6H,1H3,(H,12,13)(H,14,15)/b9-7+. The number of benzene rings is 1. The Morgan fingerprint density at radius 2 is 1.53 bits per heavy atom. The molecule has 0 radical (unpaired) electrons. The van der Waals surface area contributed by atoms with Crippen LogP contribution in [-0.4, -0.2) is 22.2 Å². The van der Waals surface area contributed by atoms with Crippen molar-refractivity contribution in [2.75, 3.05) is 0 Å². The molecule has 1 rings (SSSR count). The summed E-state index contributed by atoms with van der Waals surface area (Å²) in [7, 11) is 0. The van der Waals surface area contributed by atoms with Gasteiger partial charge in [-0.05, 0) is 12.5 Å². The van der Waals surface area contributed by atoms with Crippen molar-refractivity contribution in [3.05, 3.63) is 41.5 Å². The van der Waals surface area contributed by atoms with Crippen LogP contribution in [0.1, 0.15) is 12.5 Å². The lowest BCUT2D eigenvalue weighted by Crippen LogP contribution is -2.08. The first kappa shape index (κ1) is 11.0. The van der Waals surface area contributed by atoms with E-state index in [1.165, 1.54) is 6.92 Å². The summed E-state index contributed by atoms with van der Waals surface area (Å²) in [6.07, 6.45) is 0. The second-order valence-corrected chi connectivity index (χ2v) is 2.98. The Hall–Kier alpha value is -2.10. The lowest BCUT2D eigenvalue weighted by Gasteiger charge is -2.04. The van der Waals surface area contributed by atoms with Gasteiger partial charge in [0.1, 0.15) is 0 Å². The Balaban J connectivity index is 3.34. The largest absolute Gasteiger partial charge is 0.478 e. The molecule has 4 nitrogen and oxygen atoms in total. The molecule has 0 aliphatic rings. The van der Waals surface area contributed by atoms with Gasteiger partial charge in [0.25, 0.3) is 0 Å². The van der Waals surface area contributed by atoms with Crippen molar-refractivity contribution in [1.82, 2.24) is 0 Å². The van der Waals surface area contributed by atoms with Crippen LogP contribution < -0.4 is 0 Å². The lowest BCUT2D eigenvalue weighted by atomic mass is 10.0. The third kappa shape index (κ3) is 2.43. The zero-order valence-corrected chi connectivity index (χ0v) is 8.10. The molecule has 0 spiro atoms. The summed E-state index contributed by atoms with van der Waals surface area (Å²) in [5.41, 5.74) is 0.0432. The highest BCUT2D eigenvalue weighted by Crippen LogP contribution is 2.18. The smallest absolute Gasteiger partial charge is 0.336 e. The summed E-state index contributed by atoms with van der Waals surface area (Å²) in [6, 6.07) is 8.19. The molecule has 0 amide bonds. The number of carbonyl (C=O) groups is 2. The minimum absolute atomic E-state index is 0.172. The minimum Gasteiger partial charge on any atom is -0.478 e. The van der Waals surface area contributed by atoms with Crippen molar-refractivity contribution in [2.45, 2.75) is 6.92 Å². The maximum Gasteiger partial charge on any atom is 0.336 e. The Kier molecular flexibility index (Phi) is 3.23. The number of hydrogen-bond donors (Lipinski definition) is 2. The molecule has 2 N–H and O–H groups in total. The van der Waals surface area contributed by atoms with Gasteiger partial charge in [-0.2, -0.15) is 0 Å². The zero-order chi connectivity index (χ0) is 11.4. The summed E-state index contributed by atoms with van der Waals surface area (Å²) in [5.74, 6) is -2.46. The number of rotatable bonds is 3. The molecule has 0 atom stereocenters. The maximum atomic E-state index is 10.9. The molecule has 0 fully saturated rings. The maximum absolute atomic E-state index is 10.9. The second kappa shape index (κ2) is 4.41. The molecule has 1 aromatic carbocycles. The number of carboxylic acid groups (broad SMARTS) is 2. The normalized spacial score (nSPS) is 11.8. The van der Waals surface area contributed by atoms with Gasteiger partial charge in [0, 0.05) is 5.57 Å². The highest BCUT2D eigenvalue weighted by molar-refractivity contribution is 6.21. The highest BCUT2D eigenvalue weighted by atomic mass is 16.4. The second-order valence-electron chi connectivity index (χ2n) is 2.98. The Bertz CT molecular complexity index is 417. The first-order valence-corrected chi connectivity index (χ1v) is 4.27. The van der Waals surface area contributed by atoms with E-state index in [2.05, 4.69) is 0 Å². The summed E-state index contributed by atoms with van der Waals surface area (Å²) < 4.78 is 0. The molecule has 0 saturated carbocycles. The number of carboxylic acids is 2. The lowest BCUT2D eigenvalue weighted by molar-refractivity contribution is -0.134. The van der Waals surface area contributed by atoms with Gasteiger partial charge in [-0.15, -0.1) is 0 Å². The quantitative estimate of drug-likeness (QED) is 0.737. The molecule has 0 heterocycles. The summed E-state index contributed by atoms with van der Waals surface area (Å²) >= 11 is 0. The van der Waals surface area contributed by atoms with E-state index in [0.29, 0.717) is 5.56 Å². The molecule has 0 saturated heterocycles. The molecule has 4 heteroatoms. The van der Waals surface area contributed by atoms with Crippen LogP contribution >= 0.6 is 0 Å². The van der Waals surface area contributed by atoms with Gasteiger partial charge in [0.05, 0.1) is 5.57 Å². The fourth-order valence-corrected chi connectivity index (χ4v) is 1.21. The van der Waals surface area contributed by atoms with Crippen molar-refractivity contribution in [1.29, 1.82) is 0 Å². The van der Waals surface area contributed by atoms with Crippen LogP contribution in [0.5, 0.6) is 0 Å². The van der Waals surface area contributed by atoms with Gasteiger partial charge in [0.2, 0.25) is 0 Å². The van der Waals surface area contributed by atoms with E-state index in [4.69, 9.17) is 10.2 Å². The average molecular weight is 206 g/mol. The van der Waals surface area contributed by atoms with Gasteiger partial charge in [-0.3, -0.25) is 0 Å². The van der Waals surface area contributed by atoms with Crippen molar-refractivity contribution in [2.24, 2.45) is 0 Å². The van der Waals surface area contributed by atoms with Crippen LogP contribution in [0.3, 0.4) is 0 Å². The third-order valence-corrected chi connectivity index (χ3v) is 1.97. The van der Waals surface area contributed by atoms with Crippen LogP contribution in [0.4, 0.5) is 0 Å². The molecule has 0 unspecified atom stereocenters. The van der Waals surface area contributed by atoms with Gasteiger partial charge < -0.3 is 10.2 Å². The highest BCUT2D eigenvalue weighted by Gasteiger charge is 2.17. The topological polar surface area (TPSA) is 74.6 Å². The SMILES string of the molecule is C/C(C(=O)O)=C(\C(=O)O)c1ccccc1. The predicted octanol–water partition coefficient (Wildman–Crippen LogP) is 1.63. The fraction of sp³-hybridized carbons (Fsp3) is 0.0909. The zero-order valence-electron chi connectivity index (χ0n) is 8.10. The molecule has 1 aromatic rings. The van der Waals surface area contributed by atoms with Crippen molar-refractivity contribution in [3.8, 4) is 0 Å². The van der Waals surface area contributed by atoms with Gasteiger partial charge in [-0.1, -0.05) is 30.3 Å². The first-order valence-electron chi connectivity index (χ1n) is 4.27. The van der Waals surface area contributed by atoms with E-state index in [-0.39, 0.29) is 11.1 Å². The number of aliphatic carboxylic acids is 2. The molecular weight excluding hydrogens is 196 g/mol. The van der Waals surface area contributed by atoms with Crippen LogP contribution in [-0.2, 0) is 9.59 Å². The van der Waals surface area contributed by atoms with E-state index in [1.54, 1.807) is 30.3 Å². The van der Waals surface area contributed by atoms with Gasteiger partial charge >= 0.3 is 11.9 Å². The number of hydrogen-bond acceptors (Lipinski definition) is 2. The Morgan fingerprint density at radius 1 is 1.00 bits per heavy atom. The van der Waals surface area contributed by atoms with E-state index in [1.807, 2.05) is 0 Å². The van der Waals surface area contributed by atoms with Gasteiger partial charge in [-0.25, -0.2) is 9.59 Å². The first-order chi connectivity index (χ1) is 7.04. The predicted molar refractivity (Wildman–Crippen MR) is 54.3 cm³/mol. The Labute approximate surface area is 86.5 Å². The molecule has 0 aromatic heterocycles. The van der Waals surface area contributed by atoms with E-state index < -0.39 is 11.9 Å². The van der Waals surface area contributed by atoms with Crippen molar-refractivity contribution in [3.63, 3.8) is 0 Å². The summed E-state index contributed by atoms with van der Waals surface area (Å²) in [5, 5.41) is 17.7. The third-order valence-electron chi connectivity index (χ3n) is 1.97. The molecule has 15 heavy (non-hydrogen) atoms. The molecule has 0 aliphatic heterocycles. The van der Waals surface area contributed by atoms with Crippen molar-refractivity contribution < 1.29 is 19.8 Å². The summed E-state index contributed by atoms with van der Waals surface area (Å²) in [6.45, 7) is 1.28. The van der Waals surface area contributed by atoms with Crippen LogP contribution in [0.15, 0.2) is 35.9 Å². The van der Waals surface area contributed by atoms with Crippen LogP contribution in [0, 0.1) is 0 Å². The fourth-order valence-electron chi connectivity index (χ4n) is 1.21. The molecular formula is C11H10O4. The van der Waals surface area contributed by atoms with Crippen LogP contribution in [0.2, 0.25) is 0 Å². The van der Waals surface area contributed by atoms with E-state index in [9.17, 15) is 9.59 Å².